The monoisotopic (exact) mass is 422 g/mol. The van der Waals surface area contributed by atoms with Gasteiger partial charge in [-0.1, -0.05) is 13.5 Å². The van der Waals surface area contributed by atoms with Crippen LogP contribution in [-0.2, 0) is 11.2 Å². The lowest BCUT2D eigenvalue weighted by atomic mass is 9.92. The third-order valence-corrected chi connectivity index (χ3v) is 5.62. The molecule has 1 aromatic carbocycles. The van der Waals surface area contributed by atoms with Crippen LogP contribution in [0.25, 0.3) is 33.4 Å². The predicted octanol–water partition coefficient (Wildman–Crippen LogP) is 4.30. The third-order valence-electron chi connectivity index (χ3n) is 5.62. The van der Waals surface area contributed by atoms with Gasteiger partial charge in [0.2, 0.25) is 5.91 Å². The third kappa shape index (κ3) is 3.08. The molecular formula is C22H20F2N6O. The second kappa shape index (κ2) is 6.97. The van der Waals surface area contributed by atoms with Gasteiger partial charge in [0.25, 0.3) is 0 Å². The van der Waals surface area contributed by atoms with Crippen LogP contribution in [0.5, 0.6) is 0 Å². The van der Waals surface area contributed by atoms with Crippen molar-refractivity contribution in [3.05, 3.63) is 48.3 Å². The first-order valence-corrected chi connectivity index (χ1v) is 10.0. The van der Waals surface area contributed by atoms with Crippen LogP contribution in [0.1, 0.15) is 31.4 Å². The Labute approximate surface area is 176 Å². The van der Waals surface area contributed by atoms with E-state index in [0.29, 0.717) is 51.4 Å². The smallest absolute Gasteiger partial charge is 0.231 e. The first-order valence-electron chi connectivity index (χ1n) is 10.0. The van der Waals surface area contributed by atoms with E-state index >= 15 is 4.39 Å². The van der Waals surface area contributed by atoms with E-state index in [9.17, 15) is 9.18 Å². The number of imidazole rings is 1. The molecule has 4 aromatic rings. The van der Waals surface area contributed by atoms with Gasteiger partial charge in [0.05, 0.1) is 35.7 Å². The standard InChI is InChI=1S/C22H20F2N6O/c1-4-11-19(13-6-26-29-21(13)18(10(2)3)20(11)24)15-8-30-9-16(27-17(30)7-25-15)28-22(31)12-5-14(12)23/h6-9,12,14H,2,4-5H2,1,3H3,(H,26,29)(H,28,31). The van der Waals surface area contributed by atoms with Crippen molar-refractivity contribution in [2.45, 2.75) is 32.9 Å². The van der Waals surface area contributed by atoms with Gasteiger partial charge in [-0.15, -0.1) is 0 Å². The summed E-state index contributed by atoms with van der Waals surface area (Å²) >= 11 is 0. The first-order chi connectivity index (χ1) is 14.9. The van der Waals surface area contributed by atoms with Gasteiger partial charge in [0, 0.05) is 22.7 Å². The molecule has 7 nitrogen and oxygen atoms in total. The summed E-state index contributed by atoms with van der Waals surface area (Å²) in [6.45, 7) is 7.55. The maximum Gasteiger partial charge on any atom is 0.231 e. The van der Waals surface area contributed by atoms with Crippen molar-refractivity contribution in [2.24, 2.45) is 5.92 Å². The van der Waals surface area contributed by atoms with E-state index in [2.05, 4.69) is 32.1 Å². The molecule has 158 valence electrons. The number of aromatic nitrogens is 5. The van der Waals surface area contributed by atoms with Crippen LogP contribution in [0.4, 0.5) is 14.6 Å². The summed E-state index contributed by atoms with van der Waals surface area (Å²) in [7, 11) is 0. The molecule has 9 heteroatoms. The summed E-state index contributed by atoms with van der Waals surface area (Å²) in [4.78, 5) is 20.8. The highest BCUT2D eigenvalue weighted by atomic mass is 19.1. The van der Waals surface area contributed by atoms with Gasteiger partial charge < -0.3 is 9.72 Å². The molecule has 3 heterocycles. The van der Waals surface area contributed by atoms with Gasteiger partial charge in [-0.3, -0.25) is 14.9 Å². The van der Waals surface area contributed by atoms with E-state index in [0.717, 1.165) is 5.39 Å². The molecule has 0 aliphatic heterocycles. The number of hydrogen-bond donors (Lipinski definition) is 2. The minimum atomic E-state index is -1.08. The summed E-state index contributed by atoms with van der Waals surface area (Å²) in [6, 6.07) is 0. The summed E-state index contributed by atoms with van der Waals surface area (Å²) in [6.07, 6.45) is 6.20. The fourth-order valence-electron chi connectivity index (χ4n) is 3.97. The zero-order valence-corrected chi connectivity index (χ0v) is 17.0. The molecule has 1 saturated carbocycles. The van der Waals surface area contributed by atoms with E-state index < -0.39 is 12.1 Å². The van der Waals surface area contributed by atoms with Crippen molar-refractivity contribution in [3.63, 3.8) is 0 Å². The molecule has 2 unspecified atom stereocenters. The molecule has 0 bridgehead atoms. The Kier molecular flexibility index (Phi) is 4.35. The maximum atomic E-state index is 15.4. The van der Waals surface area contributed by atoms with Gasteiger partial charge in [0.15, 0.2) is 11.5 Å². The van der Waals surface area contributed by atoms with Gasteiger partial charge >= 0.3 is 0 Å². The van der Waals surface area contributed by atoms with Gasteiger partial charge in [-0.05, 0) is 30.9 Å². The molecule has 0 radical (unpaired) electrons. The SMILES string of the molecule is C=C(C)c1c(F)c(CC)c(-c2cn3cc(NC(=O)C4CC4F)nc3cn2)c2cn[nH]c12. The second-order valence-corrected chi connectivity index (χ2v) is 7.85. The molecule has 3 aromatic heterocycles. The van der Waals surface area contributed by atoms with E-state index in [1.165, 1.54) is 0 Å². The number of hydrogen-bond acceptors (Lipinski definition) is 4. The zero-order chi connectivity index (χ0) is 21.9. The molecule has 2 N–H and O–H groups in total. The Morgan fingerprint density at radius 3 is 2.84 bits per heavy atom. The highest BCUT2D eigenvalue weighted by molar-refractivity contribution is 6.01. The molecule has 0 saturated heterocycles. The van der Waals surface area contributed by atoms with Gasteiger partial charge in [0.1, 0.15) is 12.0 Å². The number of fused-ring (bicyclic) bond motifs is 2. The van der Waals surface area contributed by atoms with Crippen LogP contribution in [0, 0.1) is 11.7 Å². The Morgan fingerprint density at radius 1 is 1.39 bits per heavy atom. The first kappa shape index (κ1) is 19.3. The van der Waals surface area contributed by atoms with Crippen LogP contribution in [-0.4, -0.2) is 36.6 Å². The van der Waals surface area contributed by atoms with E-state index in [4.69, 9.17) is 0 Å². The number of aromatic amines is 1. The number of nitrogens with zero attached hydrogens (tertiary/aromatic N) is 4. The number of amides is 1. The molecule has 0 spiro atoms. The number of benzene rings is 1. The van der Waals surface area contributed by atoms with Crippen molar-refractivity contribution in [3.8, 4) is 11.3 Å². The molecule has 1 fully saturated rings. The number of nitrogens with one attached hydrogen (secondary N) is 2. The molecule has 1 amide bonds. The lowest BCUT2D eigenvalue weighted by Crippen LogP contribution is -2.15. The minimum absolute atomic E-state index is 0.247. The number of carbonyl (C=O) groups excluding carboxylic acids is 1. The Hall–Kier alpha value is -3.62. The van der Waals surface area contributed by atoms with Crippen LogP contribution >= 0.6 is 0 Å². The highest BCUT2D eigenvalue weighted by Gasteiger charge is 2.43. The Morgan fingerprint density at radius 2 is 2.16 bits per heavy atom. The Balaban J connectivity index is 1.62. The fourth-order valence-corrected chi connectivity index (χ4v) is 3.97. The lowest BCUT2D eigenvalue weighted by molar-refractivity contribution is -0.117. The minimum Gasteiger partial charge on any atom is -0.309 e. The largest absolute Gasteiger partial charge is 0.309 e. The van der Waals surface area contributed by atoms with Gasteiger partial charge in [-0.25, -0.2) is 13.8 Å². The number of carbonyl (C=O) groups is 1. The molecule has 2 atom stereocenters. The molecule has 31 heavy (non-hydrogen) atoms. The number of anilines is 1. The number of alkyl halides is 1. The second-order valence-electron chi connectivity index (χ2n) is 7.85. The molecule has 1 aliphatic carbocycles. The van der Waals surface area contributed by atoms with Crippen molar-refractivity contribution >= 4 is 33.8 Å². The topological polar surface area (TPSA) is 88.0 Å². The predicted molar refractivity (Wildman–Crippen MR) is 114 cm³/mol. The zero-order valence-electron chi connectivity index (χ0n) is 17.0. The van der Waals surface area contributed by atoms with Gasteiger partial charge in [-0.2, -0.15) is 5.10 Å². The fraction of sp³-hybridized carbons (Fsp3) is 0.273. The maximum absolute atomic E-state index is 15.4. The summed E-state index contributed by atoms with van der Waals surface area (Å²) < 4.78 is 30.2. The summed E-state index contributed by atoms with van der Waals surface area (Å²) in [5.41, 5.74) is 3.83. The number of H-pyrrole nitrogens is 1. The van der Waals surface area contributed by atoms with Crippen LogP contribution in [0.3, 0.4) is 0 Å². The molecule has 1 aliphatic rings. The molecular weight excluding hydrogens is 402 g/mol. The normalized spacial score (nSPS) is 17.9. The summed E-state index contributed by atoms with van der Waals surface area (Å²) in [5, 5.41) is 10.4. The van der Waals surface area contributed by atoms with Crippen LogP contribution < -0.4 is 5.32 Å². The number of allylic oxidation sites excluding steroid dienone is 1. The Bertz CT molecular complexity index is 1370. The average molecular weight is 422 g/mol. The van der Waals surface area contributed by atoms with E-state index in [-0.39, 0.29) is 18.1 Å². The van der Waals surface area contributed by atoms with Crippen molar-refractivity contribution < 1.29 is 13.6 Å². The van der Waals surface area contributed by atoms with Crippen molar-refractivity contribution in [2.75, 3.05) is 5.32 Å². The van der Waals surface area contributed by atoms with E-state index in [1.807, 2.05) is 6.92 Å². The van der Waals surface area contributed by atoms with Crippen LogP contribution in [0.2, 0.25) is 0 Å². The lowest BCUT2D eigenvalue weighted by Gasteiger charge is -2.15. The highest BCUT2D eigenvalue weighted by Crippen LogP contribution is 2.38. The average Bonchev–Trinajstić information content (AvgIpc) is 3.11. The quantitative estimate of drug-likeness (QED) is 0.502. The van der Waals surface area contributed by atoms with Crippen molar-refractivity contribution in [1.29, 1.82) is 0 Å². The van der Waals surface area contributed by atoms with E-state index in [1.54, 1.807) is 36.1 Å². The summed E-state index contributed by atoms with van der Waals surface area (Å²) in [5.74, 6) is -1.01. The van der Waals surface area contributed by atoms with Crippen LogP contribution in [0.15, 0.2) is 31.4 Å². The number of rotatable bonds is 5. The molecule has 5 rings (SSSR count). The van der Waals surface area contributed by atoms with Crippen molar-refractivity contribution in [1.82, 2.24) is 24.6 Å². The number of halogens is 2.